The van der Waals surface area contributed by atoms with Gasteiger partial charge in [-0.1, -0.05) is 47.5 Å². The molecule has 0 amide bonds. The molecule has 0 aromatic heterocycles. The average Bonchev–Trinajstić information content (AvgIpc) is 2.23. The quantitative estimate of drug-likeness (QED) is 0.598. The lowest BCUT2D eigenvalue weighted by Crippen LogP contribution is -2.41. The lowest BCUT2D eigenvalue weighted by Gasteiger charge is -2.31. The van der Waals surface area contributed by atoms with Crippen molar-refractivity contribution >= 4 is 0 Å². The van der Waals surface area contributed by atoms with Gasteiger partial charge in [0.25, 0.3) is 0 Å². The summed E-state index contributed by atoms with van der Waals surface area (Å²) in [4.78, 5) is 0. The first-order valence-electron chi connectivity index (χ1n) is 7.47. The summed E-state index contributed by atoms with van der Waals surface area (Å²) >= 11 is 0. The number of nitrogens with one attached hydrogen (secondary N) is 1. The van der Waals surface area contributed by atoms with Gasteiger partial charge >= 0.3 is 0 Å². The molecule has 0 fully saturated rings. The van der Waals surface area contributed by atoms with Gasteiger partial charge in [0.15, 0.2) is 0 Å². The maximum atomic E-state index is 3.69. The predicted octanol–water partition coefficient (Wildman–Crippen LogP) is 5.01. The molecule has 0 aromatic rings. The second kappa shape index (κ2) is 7.41. The molecule has 0 aromatic carbocycles. The zero-order chi connectivity index (χ0) is 13.5. The summed E-state index contributed by atoms with van der Waals surface area (Å²) in [6.07, 6.45) is 6.58. The van der Waals surface area contributed by atoms with Crippen LogP contribution >= 0.6 is 0 Å². The zero-order valence-electron chi connectivity index (χ0n) is 13.3. The third-order valence-corrected chi connectivity index (χ3v) is 3.92. The van der Waals surface area contributed by atoms with Gasteiger partial charge in [-0.3, -0.25) is 0 Å². The second-order valence-corrected chi connectivity index (χ2v) is 7.20. The smallest absolute Gasteiger partial charge is 0.0122 e. The van der Waals surface area contributed by atoms with Crippen LogP contribution in [0.5, 0.6) is 0 Å². The van der Waals surface area contributed by atoms with Crippen molar-refractivity contribution in [3.05, 3.63) is 0 Å². The molecule has 0 aliphatic heterocycles. The van der Waals surface area contributed by atoms with Crippen LogP contribution in [0.3, 0.4) is 0 Å². The van der Waals surface area contributed by atoms with Gasteiger partial charge in [-0.15, -0.1) is 0 Å². The van der Waals surface area contributed by atoms with Crippen LogP contribution in [0, 0.1) is 11.3 Å². The Balaban J connectivity index is 3.96. The molecule has 0 rings (SSSR count). The Bertz CT molecular complexity index is 194. The van der Waals surface area contributed by atoms with E-state index in [1.54, 1.807) is 0 Å². The first-order chi connectivity index (χ1) is 7.72. The summed E-state index contributed by atoms with van der Waals surface area (Å²) in [5.41, 5.74) is 0.801. The highest BCUT2D eigenvalue weighted by atomic mass is 14.9. The van der Waals surface area contributed by atoms with Gasteiger partial charge in [-0.05, 0) is 51.0 Å². The molecular weight excluding hydrogens is 206 g/mol. The van der Waals surface area contributed by atoms with E-state index < -0.39 is 0 Å². The van der Waals surface area contributed by atoms with Crippen LogP contribution in [0.2, 0.25) is 0 Å². The predicted molar refractivity (Wildman–Crippen MR) is 79.5 cm³/mol. The SMILES string of the molecule is CCCCC(C)(C)CC(C)CNC(C)(C)CC. The van der Waals surface area contributed by atoms with Crippen LogP contribution in [-0.4, -0.2) is 12.1 Å². The Morgan fingerprint density at radius 3 is 2.12 bits per heavy atom. The van der Waals surface area contributed by atoms with Gasteiger partial charge < -0.3 is 5.32 Å². The molecule has 1 N–H and O–H groups in total. The molecule has 0 bridgehead atoms. The van der Waals surface area contributed by atoms with Gasteiger partial charge in [-0.25, -0.2) is 0 Å². The largest absolute Gasteiger partial charge is 0.312 e. The first-order valence-corrected chi connectivity index (χ1v) is 7.47. The number of hydrogen-bond donors (Lipinski definition) is 1. The van der Waals surface area contributed by atoms with E-state index in [-0.39, 0.29) is 0 Å². The van der Waals surface area contributed by atoms with Crippen LogP contribution < -0.4 is 5.32 Å². The maximum absolute atomic E-state index is 3.69. The fourth-order valence-corrected chi connectivity index (χ4v) is 2.35. The Morgan fingerprint density at radius 2 is 1.65 bits per heavy atom. The van der Waals surface area contributed by atoms with Crippen molar-refractivity contribution in [2.45, 2.75) is 86.1 Å². The summed E-state index contributed by atoms with van der Waals surface area (Å²) in [6, 6.07) is 0. The number of rotatable bonds is 9. The monoisotopic (exact) mass is 241 g/mol. The normalized spacial score (nSPS) is 15.0. The topological polar surface area (TPSA) is 12.0 Å². The van der Waals surface area contributed by atoms with Gasteiger partial charge in [0.1, 0.15) is 0 Å². The summed E-state index contributed by atoms with van der Waals surface area (Å²) < 4.78 is 0. The summed E-state index contributed by atoms with van der Waals surface area (Å²) in [5, 5.41) is 3.69. The van der Waals surface area contributed by atoms with E-state index in [9.17, 15) is 0 Å². The van der Waals surface area contributed by atoms with Crippen molar-refractivity contribution in [2.75, 3.05) is 6.54 Å². The molecule has 1 heteroatoms. The average molecular weight is 241 g/mol. The lowest BCUT2D eigenvalue weighted by molar-refractivity contribution is 0.233. The first kappa shape index (κ1) is 17.0. The summed E-state index contributed by atoms with van der Waals surface area (Å²) in [7, 11) is 0. The van der Waals surface area contributed by atoms with Crippen molar-refractivity contribution in [1.29, 1.82) is 0 Å². The van der Waals surface area contributed by atoms with Crippen LogP contribution in [0.15, 0.2) is 0 Å². The van der Waals surface area contributed by atoms with E-state index in [1.807, 2.05) is 0 Å². The van der Waals surface area contributed by atoms with Gasteiger partial charge in [0.05, 0.1) is 0 Å². The van der Waals surface area contributed by atoms with E-state index in [0.29, 0.717) is 11.0 Å². The van der Waals surface area contributed by atoms with E-state index >= 15 is 0 Å². The molecule has 1 unspecified atom stereocenters. The fraction of sp³-hybridized carbons (Fsp3) is 1.00. The van der Waals surface area contributed by atoms with Gasteiger partial charge in [0.2, 0.25) is 0 Å². The van der Waals surface area contributed by atoms with Crippen molar-refractivity contribution < 1.29 is 0 Å². The molecule has 0 spiro atoms. The molecule has 0 aliphatic carbocycles. The van der Waals surface area contributed by atoms with Crippen molar-refractivity contribution in [3.63, 3.8) is 0 Å². The maximum Gasteiger partial charge on any atom is 0.0122 e. The molecule has 0 aliphatic rings. The molecule has 0 radical (unpaired) electrons. The van der Waals surface area contributed by atoms with E-state index in [1.165, 1.54) is 32.1 Å². The Morgan fingerprint density at radius 1 is 1.06 bits per heavy atom. The highest BCUT2D eigenvalue weighted by molar-refractivity contribution is 4.78. The highest BCUT2D eigenvalue weighted by Crippen LogP contribution is 2.31. The highest BCUT2D eigenvalue weighted by Gasteiger charge is 2.22. The summed E-state index contributed by atoms with van der Waals surface area (Å²) in [5.74, 6) is 0.771. The molecule has 1 atom stereocenters. The summed E-state index contributed by atoms with van der Waals surface area (Å²) in [6.45, 7) is 17.5. The third-order valence-electron chi connectivity index (χ3n) is 3.92. The zero-order valence-corrected chi connectivity index (χ0v) is 13.3. The van der Waals surface area contributed by atoms with Crippen LogP contribution in [0.1, 0.15) is 80.6 Å². The molecule has 104 valence electrons. The third kappa shape index (κ3) is 8.65. The Hall–Kier alpha value is -0.0400. The molecule has 0 heterocycles. The van der Waals surface area contributed by atoms with Crippen molar-refractivity contribution in [2.24, 2.45) is 11.3 Å². The Labute approximate surface area is 110 Å². The van der Waals surface area contributed by atoms with Crippen LogP contribution in [-0.2, 0) is 0 Å². The van der Waals surface area contributed by atoms with Crippen molar-refractivity contribution in [1.82, 2.24) is 5.32 Å². The van der Waals surface area contributed by atoms with Crippen molar-refractivity contribution in [3.8, 4) is 0 Å². The number of unbranched alkanes of at least 4 members (excludes halogenated alkanes) is 1. The fourth-order valence-electron chi connectivity index (χ4n) is 2.35. The molecule has 1 nitrogen and oxygen atoms in total. The minimum absolute atomic E-state index is 0.293. The molecular formula is C16H35N. The minimum Gasteiger partial charge on any atom is -0.312 e. The van der Waals surface area contributed by atoms with E-state index in [4.69, 9.17) is 0 Å². The second-order valence-electron chi connectivity index (χ2n) is 7.20. The Kier molecular flexibility index (Phi) is 7.39. The van der Waals surface area contributed by atoms with Gasteiger partial charge in [-0.2, -0.15) is 0 Å². The molecule has 0 saturated heterocycles. The molecule has 0 saturated carbocycles. The van der Waals surface area contributed by atoms with E-state index in [0.717, 1.165) is 12.5 Å². The lowest BCUT2D eigenvalue weighted by atomic mass is 9.79. The van der Waals surface area contributed by atoms with Gasteiger partial charge in [0, 0.05) is 5.54 Å². The van der Waals surface area contributed by atoms with E-state index in [2.05, 4.69) is 53.8 Å². The van der Waals surface area contributed by atoms with Crippen LogP contribution in [0.4, 0.5) is 0 Å². The molecule has 17 heavy (non-hydrogen) atoms. The van der Waals surface area contributed by atoms with Crippen LogP contribution in [0.25, 0.3) is 0 Å². The minimum atomic E-state index is 0.293. The number of hydrogen-bond acceptors (Lipinski definition) is 1. The standard InChI is InChI=1S/C16H35N/c1-8-10-11-15(4,5)12-14(3)13-17-16(6,7)9-2/h14,17H,8-13H2,1-7H3.